The molecule has 1 saturated carbocycles. The summed E-state index contributed by atoms with van der Waals surface area (Å²) in [6, 6.07) is 5.66. The summed E-state index contributed by atoms with van der Waals surface area (Å²) < 4.78 is 5.45. The van der Waals surface area contributed by atoms with E-state index in [9.17, 15) is 5.11 Å². The van der Waals surface area contributed by atoms with E-state index in [2.05, 4.69) is 5.32 Å². The molecule has 4 heteroatoms. The van der Waals surface area contributed by atoms with Gasteiger partial charge in [-0.3, -0.25) is 0 Å². The second-order valence-electron chi connectivity index (χ2n) is 4.86. The molecule has 0 bridgehead atoms. The first-order valence-electron chi connectivity index (χ1n) is 6.64. The lowest BCUT2D eigenvalue weighted by Crippen LogP contribution is -2.21. The number of anilines is 2. The molecular weight excluding hydrogens is 228 g/mol. The molecule has 4 N–H and O–H groups in total. The number of nitrogen functional groups attached to an aromatic ring is 1. The Kier molecular flexibility index (Phi) is 4.31. The zero-order chi connectivity index (χ0) is 13.0. The maximum Gasteiger partial charge on any atom is 0.123 e. The first-order chi connectivity index (χ1) is 8.69. The van der Waals surface area contributed by atoms with Gasteiger partial charge in [-0.2, -0.15) is 0 Å². The van der Waals surface area contributed by atoms with Crippen molar-refractivity contribution in [1.82, 2.24) is 0 Å². The maximum absolute atomic E-state index is 9.77. The van der Waals surface area contributed by atoms with E-state index in [0.717, 1.165) is 37.2 Å². The van der Waals surface area contributed by atoms with Crippen LogP contribution in [-0.4, -0.2) is 24.4 Å². The van der Waals surface area contributed by atoms with Crippen molar-refractivity contribution in [3.8, 4) is 5.75 Å². The van der Waals surface area contributed by atoms with Gasteiger partial charge in [-0.15, -0.1) is 0 Å². The predicted octanol–water partition coefficient (Wildman–Crippen LogP) is 2.24. The van der Waals surface area contributed by atoms with Crippen LogP contribution >= 0.6 is 0 Å². The zero-order valence-corrected chi connectivity index (χ0v) is 10.9. The minimum atomic E-state index is -0.162. The van der Waals surface area contributed by atoms with Gasteiger partial charge in [-0.25, -0.2) is 0 Å². The molecule has 1 aliphatic rings. The smallest absolute Gasteiger partial charge is 0.123 e. The lowest BCUT2D eigenvalue weighted by molar-refractivity contribution is 0.138. The molecule has 2 atom stereocenters. The van der Waals surface area contributed by atoms with Gasteiger partial charge in [0, 0.05) is 36.0 Å². The molecule has 18 heavy (non-hydrogen) atoms. The van der Waals surface area contributed by atoms with Crippen LogP contribution in [0.25, 0.3) is 0 Å². The van der Waals surface area contributed by atoms with Crippen molar-refractivity contribution in [2.45, 2.75) is 32.3 Å². The highest BCUT2D eigenvalue weighted by Gasteiger charge is 2.24. The molecule has 0 heterocycles. The van der Waals surface area contributed by atoms with Crippen molar-refractivity contribution in [2.24, 2.45) is 5.92 Å². The Labute approximate surface area is 108 Å². The van der Waals surface area contributed by atoms with E-state index in [1.165, 1.54) is 0 Å². The van der Waals surface area contributed by atoms with Gasteiger partial charge in [-0.1, -0.05) is 6.42 Å². The molecular formula is C14H22N2O2. The number of nitrogens with two attached hydrogens (primary N) is 1. The largest absolute Gasteiger partial charge is 0.494 e. The summed E-state index contributed by atoms with van der Waals surface area (Å²) in [5, 5.41) is 13.1. The summed E-state index contributed by atoms with van der Waals surface area (Å²) in [5.41, 5.74) is 7.48. The van der Waals surface area contributed by atoms with Crippen molar-refractivity contribution in [3.63, 3.8) is 0 Å². The van der Waals surface area contributed by atoms with Gasteiger partial charge in [0.15, 0.2) is 0 Å². The fourth-order valence-corrected chi connectivity index (χ4v) is 2.48. The molecule has 2 rings (SSSR count). The van der Waals surface area contributed by atoms with Gasteiger partial charge < -0.3 is 20.9 Å². The standard InChI is InChI=1S/C14H22N2O2/c1-2-18-13-7-11(15)6-12(8-13)16-9-10-4-3-5-14(10)17/h6-8,10,14,16-17H,2-5,9,15H2,1H3. The van der Waals surface area contributed by atoms with Gasteiger partial charge in [0.25, 0.3) is 0 Å². The fraction of sp³-hybridized carbons (Fsp3) is 0.571. The molecule has 0 aliphatic heterocycles. The Balaban J connectivity index is 1.95. The van der Waals surface area contributed by atoms with Crippen LogP contribution < -0.4 is 15.8 Å². The van der Waals surface area contributed by atoms with Gasteiger partial charge in [0.05, 0.1) is 12.7 Å². The quantitative estimate of drug-likeness (QED) is 0.701. The number of aliphatic hydroxyl groups is 1. The van der Waals surface area contributed by atoms with Crippen LogP contribution in [0.15, 0.2) is 18.2 Å². The van der Waals surface area contributed by atoms with E-state index in [4.69, 9.17) is 10.5 Å². The molecule has 100 valence electrons. The van der Waals surface area contributed by atoms with Gasteiger partial charge in [0.2, 0.25) is 0 Å². The lowest BCUT2D eigenvalue weighted by Gasteiger charge is -2.16. The van der Waals surface area contributed by atoms with E-state index in [1.807, 2.05) is 25.1 Å². The Bertz CT molecular complexity index is 395. The summed E-state index contributed by atoms with van der Waals surface area (Å²) in [5.74, 6) is 1.13. The normalized spacial score (nSPS) is 23.0. The number of ether oxygens (including phenoxy) is 1. The van der Waals surface area contributed by atoms with Crippen LogP contribution in [0.4, 0.5) is 11.4 Å². The number of hydrogen-bond donors (Lipinski definition) is 3. The summed E-state index contributed by atoms with van der Waals surface area (Å²) in [4.78, 5) is 0. The lowest BCUT2D eigenvalue weighted by atomic mass is 10.1. The third kappa shape index (κ3) is 3.29. The Morgan fingerprint density at radius 2 is 2.22 bits per heavy atom. The van der Waals surface area contributed by atoms with E-state index in [1.54, 1.807) is 0 Å². The Morgan fingerprint density at radius 3 is 2.89 bits per heavy atom. The predicted molar refractivity (Wildman–Crippen MR) is 73.9 cm³/mol. The second kappa shape index (κ2) is 5.96. The SMILES string of the molecule is CCOc1cc(N)cc(NCC2CCCC2O)c1. The number of hydrogen-bond acceptors (Lipinski definition) is 4. The monoisotopic (exact) mass is 250 g/mol. The zero-order valence-electron chi connectivity index (χ0n) is 10.9. The molecule has 2 unspecified atom stereocenters. The van der Waals surface area contributed by atoms with E-state index in [0.29, 0.717) is 18.2 Å². The van der Waals surface area contributed by atoms with E-state index < -0.39 is 0 Å². The first-order valence-corrected chi connectivity index (χ1v) is 6.64. The van der Waals surface area contributed by atoms with Crippen LogP contribution in [-0.2, 0) is 0 Å². The summed E-state index contributed by atoms with van der Waals surface area (Å²) in [7, 11) is 0. The van der Waals surface area contributed by atoms with E-state index >= 15 is 0 Å². The van der Waals surface area contributed by atoms with Crippen molar-refractivity contribution in [2.75, 3.05) is 24.2 Å². The van der Waals surface area contributed by atoms with Crippen LogP contribution in [0.1, 0.15) is 26.2 Å². The highest BCUT2D eigenvalue weighted by atomic mass is 16.5. The van der Waals surface area contributed by atoms with Crippen molar-refractivity contribution < 1.29 is 9.84 Å². The van der Waals surface area contributed by atoms with Crippen LogP contribution in [0.3, 0.4) is 0 Å². The van der Waals surface area contributed by atoms with E-state index in [-0.39, 0.29) is 6.10 Å². The number of rotatable bonds is 5. The van der Waals surface area contributed by atoms with Crippen LogP contribution in [0, 0.1) is 5.92 Å². The molecule has 1 aromatic rings. The average Bonchev–Trinajstić information content (AvgIpc) is 2.72. The fourth-order valence-electron chi connectivity index (χ4n) is 2.48. The summed E-state index contributed by atoms with van der Waals surface area (Å²) in [6.07, 6.45) is 2.97. The van der Waals surface area contributed by atoms with Gasteiger partial charge in [0.1, 0.15) is 5.75 Å². The van der Waals surface area contributed by atoms with Crippen molar-refractivity contribution in [3.05, 3.63) is 18.2 Å². The van der Waals surface area contributed by atoms with Gasteiger partial charge in [-0.05, 0) is 25.8 Å². The highest BCUT2D eigenvalue weighted by molar-refractivity contribution is 5.59. The summed E-state index contributed by atoms with van der Waals surface area (Å²) >= 11 is 0. The molecule has 0 radical (unpaired) electrons. The van der Waals surface area contributed by atoms with Crippen molar-refractivity contribution >= 4 is 11.4 Å². The molecule has 0 saturated heterocycles. The molecule has 1 aromatic carbocycles. The minimum Gasteiger partial charge on any atom is -0.494 e. The second-order valence-corrected chi connectivity index (χ2v) is 4.86. The number of nitrogens with one attached hydrogen (secondary N) is 1. The third-order valence-corrected chi connectivity index (χ3v) is 3.43. The molecule has 4 nitrogen and oxygen atoms in total. The van der Waals surface area contributed by atoms with Crippen LogP contribution in [0.2, 0.25) is 0 Å². The minimum absolute atomic E-state index is 0.162. The summed E-state index contributed by atoms with van der Waals surface area (Å²) in [6.45, 7) is 3.37. The maximum atomic E-state index is 9.77. The molecule has 0 aromatic heterocycles. The first kappa shape index (κ1) is 13.0. The van der Waals surface area contributed by atoms with Gasteiger partial charge >= 0.3 is 0 Å². The number of benzene rings is 1. The highest BCUT2D eigenvalue weighted by Crippen LogP contribution is 2.27. The van der Waals surface area contributed by atoms with Crippen LogP contribution in [0.5, 0.6) is 5.75 Å². The molecule has 1 fully saturated rings. The third-order valence-electron chi connectivity index (χ3n) is 3.43. The number of aliphatic hydroxyl groups excluding tert-OH is 1. The Hall–Kier alpha value is -1.42. The molecule has 1 aliphatic carbocycles. The molecule has 0 amide bonds. The topological polar surface area (TPSA) is 67.5 Å². The van der Waals surface area contributed by atoms with Crippen molar-refractivity contribution in [1.29, 1.82) is 0 Å². The molecule has 0 spiro atoms. The average molecular weight is 250 g/mol. The Morgan fingerprint density at radius 1 is 1.39 bits per heavy atom.